The fourth-order valence-electron chi connectivity index (χ4n) is 2.75. The van der Waals surface area contributed by atoms with Crippen LogP contribution in [0.3, 0.4) is 0 Å². The summed E-state index contributed by atoms with van der Waals surface area (Å²) in [6.07, 6.45) is 1.39. The molecule has 1 amide bonds. The van der Waals surface area contributed by atoms with Crippen molar-refractivity contribution in [3.05, 3.63) is 74.5 Å². The molecule has 0 atom stereocenters. The fraction of sp³-hybridized carbons (Fsp3) is 0.190. The molecule has 2 heterocycles. The molecule has 0 saturated heterocycles. The van der Waals surface area contributed by atoms with Gasteiger partial charge in [0.25, 0.3) is 5.56 Å². The lowest BCUT2D eigenvalue weighted by atomic mass is 10.0. The summed E-state index contributed by atoms with van der Waals surface area (Å²) >= 11 is 7.12. The van der Waals surface area contributed by atoms with Crippen LogP contribution in [-0.2, 0) is 16.1 Å². The van der Waals surface area contributed by atoms with Crippen LogP contribution in [0.5, 0.6) is 0 Å². The number of rotatable bonds is 6. The standard InChI is InChI=1S/C21H19ClN2O4S/c1-3-28-21(27)19-16(14-6-4-13(2)5-7-14)12-29-20(19)23-17(25)11-24-10-15(22)8-9-18(24)26/h4-10,12H,3,11H2,1-2H3,(H,23,25). The number of hydrogen-bond donors (Lipinski definition) is 1. The van der Waals surface area contributed by atoms with Gasteiger partial charge in [-0.15, -0.1) is 11.3 Å². The molecule has 1 aromatic carbocycles. The molecule has 1 N–H and O–H groups in total. The molecule has 3 rings (SSSR count). The molecule has 0 bridgehead atoms. The van der Waals surface area contributed by atoms with E-state index in [-0.39, 0.29) is 18.7 Å². The van der Waals surface area contributed by atoms with Crippen molar-refractivity contribution in [2.45, 2.75) is 20.4 Å². The summed E-state index contributed by atoms with van der Waals surface area (Å²) in [4.78, 5) is 37.0. The van der Waals surface area contributed by atoms with E-state index in [1.165, 1.54) is 34.2 Å². The van der Waals surface area contributed by atoms with E-state index in [0.717, 1.165) is 11.1 Å². The van der Waals surface area contributed by atoms with Gasteiger partial charge in [0.05, 0.1) is 11.6 Å². The van der Waals surface area contributed by atoms with Gasteiger partial charge in [0.2, 0.25) is 5.91 Å². The Hall–Kier alpha value is -2.90. The average molecular weight is 431 g/mol. The maximum Gasteiger partial charge on any atom is 0.341 e. The van der Waals surface area contributed by atoms with Gasteiger partial charge >= 0.3 is 5.97 Å². The quantitative estimate of drug-likeness (QED) is 0.589. The molecule has 0 aliphatic carbocycles. The zero-order valence-corrected chi connectivity index (χ0v) is 17.5. The summed E-state index contributed by atoms with van der Waals surface area (Å²) < 4.78 is 6.40. The third-order valence-corrected chi connectivity index (χ3v) is 5.27. The van der Waals surface area contributed by atoms with Crippen molar-refractivity contribution in [3.63, 3.8) is 0 Å². The molecule has 8 heteroatoms. The summed E-state index contributed by atoms with van der Waals surface area (Å²) in [5.41, 5.74) is 2.58. The molecular formula is C21H19ClN2O4S. The lowest BCUT2D eigenvalue weighted by Gasteiger charge is -2.10. The third kappa shape index (κ3) is 4.93. The number of nitrogens with one attached hydrogen (secondary N) is 1. The van der Waals surface area contributed by atoms with Crippen LogP contribution >= 0.6 is 22.9 Å². The highest BCUT2D eigenvalue weighted by atomic mass is 35.5. The van der Waals surface area contributed by atoms with Crippen molar-refractivity contribution >= 4 is 39.8 Å². The lowest BCUT2D eigenvalue weighted by molar-refractivity contribution is -0.116. The van der Waals surface area contributed by atoms with E-state index in [1.54, 1.807) is 12.3 Å². The Labute approximate surface area is 176 Å². The van der Waals surface area contributed by atoms with Crippen LogP contribution in [-0.4, -0.2) is 23.1 Å². The lowest BCUT2D eigenvalue weighted by Crippen LogP contribution is -2.27. The van der Waals surface area contributed by atoms with Crippen molar-refractivity contribution in [2.75, 3.05) is 11.9 Å². The molecule has 2 aromatic heterocycles. The maximum atomic E-state index is 12.6. The van der Waals surface area contributed by atoms with E-state index >= 15 is 0 Å². The molecule has 29 heavy (non-hydrogen) atoms. The number of aromatic nitrogens is 1. The van der Waals surface area contributed by atoms with Gasteiger partial charge in [0.1, 0.15) is 17.1 Å². The van der Waals surface area contributed by atoms with Gasteiger partial charge in [0, 0.05) is 23.2 Å². The molecular weight excluding hydrogens is 412 g/mol. The normalized spacial score (nSPS) is 10.6. The molecule has 3 aromatic rings. The number of nitrogens with zero attached hydrogens (tertiary/aromatic N) is 1. The van der Waals surface area contributed by atoms with Gasteiger partial charge in [-0.3, -0.25) is 9.59 Å². The Morgan fingerprint density at radius 1 is 1.17 bits per heavy atom. The van der Waals surface area contributed by atoms with Crippen molar-refractivity contribution < 1.29 is 14.3 Å². The number of benzene rings is 1. The second-order valence-corrected chi connectivity index (χ2v) is 7.62. The highest BCUT2D eigenvalue weighted by Crippen LogP contribution is 2.36. The number of thiophene rings is 1. The van der Waals surface area contributed by atoms with Crippen LogP contribution in [0.15, 0.2) is 52.8 Å². The SMILES string of the molecule is CCOC(=O)c1c(-c2ccc(C)cc2)csc1NC(=O)Cn1cc(Cl)ccc1=O. The maximum absolute atomic E-state index is 12.6. The van der Waals surface area contributed by atoms with E-state index in [0.29, 0.717) is 21.2 Å². The van der Waals surface area contributed by atoms with Crippen LogP contribution in [0, 0.1) is 6.92 Å². The second-order valence-electron chi connectivity index (χ2n) is 6.30. The number of hydrogen-bond acceptors (Lipinski definition) is 5. The number of aryl methyl sites for hydroxylation is 1. The minimum absolute atomic E-state index is 0.216. The average Bonchev–Trinajstić information content (AvgIpc) is 3.09. The van der Waals surface area contributed by atoms with E-state index in [1.807, 2.05) is 31.2 Å². The first kappa shape index (κ1) is 20.8. The van der Waals surface area contributed by atoms with Crippen LogP contribution in [0.25, 0.3) is 11.1 Å². The predicted octanol–water partition coefficient (Wildman–Crippen LogP) is 4.35. The Morgan fingerprint density at radius 2 is 1.90 bits per heavy atom. The number of amides is 1. The van der Waals surface area contributed by atoms with Gasteiger partial charge in [-0.05, 0) is 25.5 Å². The molecule has 150 valence electrons. The minimum Gasteiger partial charge on any atom is -0.462 e. The van der Waals surface area contributed by atoms with E-state index < -0.39 is 11.9 Å². The monoisotopic (exact) mass is 430 g/mol. The molecule has 6 nitrogen and oxygen atoms in total. The molecule has 0 spiro atoms. The summed E-state index contributed by atoms with van der Waals surface area (Å²) in [6, 6.07) is 10.5. The summed E-state index contributed by atoms with van der Waals surface area (Å²) in [7, 11) is 0. The van der Waals surface area contributed by atoms with Crippen LogP contribution in [0.4, 0.5) is 5.00 Å². The van der Waals surface area contributed by atoms with Crippen molar-refractivity contribution in [2.24, 2.45) is 0 Å². The Kier molecular flexibility index (Phi) is 6.51. The van der Waals surface area contributed by atoms with Crippen molar-refractivity contribution in [3.8, 4) is 11.1 Å². The molecule has 0 saturated carbocycles. The Morgan fingerprint density at radius 3 is 2.59 bits per heavy atom. The number of anilines is 1. The van der Waals surface area contributed by atoms with E-state index in [4.69, 9.17) is 16.3 Å². The Balaban J connectivity index is 1.91. The first-order valence-electron chi connectivity index (χ1n) is 8.90. The van der Waals surface area contributed by atoms with Gasteiger partial charge in [0.15, 0.2) is 0 Å². The predicted molar refractivity (Wildman–Crippen MR) is 115 cm³/mol. The summed E-state index contributed by atoms with van der Waals surface area (Å²) in [5, 5.41) is 5.25. The van der Waals surface area contributed by atoms with Gasteiger partial charge < -0.3 is 14.6 Å². The topological polar surface area (TPSA) is 77.4 Å². The highest BCUT2D eigenvalue weighted by molar-refractivity contribution is 7.15. The fourth-order valence-corrected chi connectivity index (χ4v) is 3.90. The van der Waals surface area contributed by atoms with E-state index in [9.17, 15) is 14.4 Å². The van der Waals surface area contributed by atoms with Crippen LogP contribution in [0.2, 0.25) is 5.02 Å². The smallest absolute Gasteiger partial charge is 0.341 e. The molecule has 0 unspecified atom stereocenters. The number of halogens is 1. The van der Waals surface area contributed by atoms with E-state index in [2.05, 4.69) is 5.32 Å². The Bertz CT molecular complexity index is 1100. The third-order valence-electron chi connectivity index (χ3n) is 4.15. The van der Waals surface area contributed by atoms with Crippen molar-refractivity contribution in [1.82, 2.24) is 4.57 Å². The molecule has 0 aliphatic heterocycles. The number of ether oxygens (including phenoxy) is 1. The molecule has 0 radical (unpaired) electrons. The second kappa shape index (κ2) is 9.07. The van der Waals surface area contributed by atoms with Crippen LogP contribution < -0.4 is 10.9 Å². The zero-order valence-electron chi connectivity index (χ0n) is 15.9. The number of esters is 1. The van der Waals surface area contributed by atoms with Gasteiger partial charge in [-0.2, -0.15) is 0 Å². The molecule has 0 fully saturated rings. The number of carbonyl (C=O) groups is 2. The summed E-state index contributed by atoms with van der Waals surface area (Å²) in [5.74, 6) is -0.961. The molecule has 0 aliphatic rings. The number of carbonyl (C=O) groups excluding carboxylic acids is 2. The first-order chi connectivity index (χ1) is 13.9. The summed E-state index contributed by atoms with van der Waals surface area (Å²) in [6.45, 7) is 3.69. The van der Waals surface area contributed by atoms with Gasteiger partial charge in [-0.25, -0.2) is 4.79 Å². The zero-order chi connectivity index (χ0) is 21.0. The first-order valence-corrected chi connectivity index (χ1v) is 10.2. The minimum atomic E-state index is -0.514. The highest BCUT2D eigenvalue weighted by Gasteiger charge is 2.23. The van der Waals surface area contributed by atoms with Gasteiger partial charge in [-0.1, -0.05) is 41.4 Å². The van der Waals surface area contributed by atoms with Crippen LogP contribution in [0.1, 0.15) is 22.8 Å². The largest absolute Gasteiger partial charge is 0.462 e. The van der Waals surface area contributed by atoms with Crippen molar-refractivity contribution in [1.29, 1.82) is 0 Å². The number of pyridine rings is 1.